The Bertz CT molecular complexity index is 773. The zero-order valence-electron chi connectivity index (χ0n) is 13.0. The number of hydrogen-bond acceptors (Lipinski definition) is 5. The lowest BCUT2D eigenvalue weighted by molar-refractivity contribution is -0.384. The van der Waals surface area contributed by atoms with Gasteiger partial charge in [0.1, 0.15) is 5.75 Å². The number of nitro groups is 1. The van der Waals surface area contributed by atoms with Gasteiger partial charge < -0.3 is 10.1 Å². The van der Waals surface area contributed by atoms with Gasteiger partial charge in [-0.2, -0.15) is 0 Å². The van der Waals surface area contributed by atoms with E-state index in [1.165, 1.54) is 12.1 Å². The highest BCUT2D eigenvalue weighted by Gasteiger charge is 2.13. The number of para-hydroxylation sites is 1. The van der Waals surface area contributed by atoms with Crippen molar-refractivity contribution in [3.05, 3.63) is 63.7 Å². The molecule has 0 bridgehead atoms. The number of carbonyl (C=O) groups excluding carboxylic acids is 2. The number of rotatable bonds is 7. The monoisotopic (exact) mass is 328 g/mol. The molecule has 0 aliphatic heterocycles. The summed E-state index contributed by atoms with van der Waals surface area (Å²) >= 11 is 0. The van der Waals surface area contributed by atoms with Gasteiger partial charge in [0.2, 0.25) is 0 Å². The van der Waals surface area contributed by atoms with Crippen molar-refractivity contribution in [2.75, 3.05) is 11.9 Å². The largest absolute Gasteiger partial charge is 0.483 e. The number of anilines is 1. The van der Waals surface area contributed by atoms with Gasteiger partial charge in [-0.05, 0) is 24.1 Å². The first kappa shape index (κ1) is 17.1. The second-order valence-electron chi connectivity index (χ2n) is 4.94. The third-order valence-electron chi connectivity index (χ3n) is 3.36. The second kappa shape index (κ2) is 7.87. The minimum Gasteiger partial charge on any atom is -0.483 e. The summed E-state index contributed by atoms with van der Waals surface area (Å²) in [4.78, 5) is 33.1. The zero-order valence-corrected chi connectivity index (χ0v) is 13.0. The normalized spacial score (nSPS) is 10.0. The third-order valence-corrected chi connectivity index (χ3v) is 3.36. The molecule has 2 aromatic carbocycles. The van der Waals surface area contributed by atoms with Gasteiger partial charge in [0.25, 0.3) is 11.6 Å². The molecule has 0 saturated heterocycles. The van der Waals surface area contributed by atoms with Crippen molar-refractivity contribution in [3.63, 3.8) is 0 Å². The van der Waals surface area contributed by atoms with Gasteiger partial charge in [0.15, 0.2) is 12.9 Å². The van der Waals surface area contributed by atoms with E-state index in [0.29, 0.717) is 12.0 Å². The smallest absolute Gasteiger partial charge is 0.270 e. The molecular formula is C17H16N2O5. The van der Waals surface area contributed by atoms with Crippen molar-refractivity contribution in [1.29, 1.82) is 0 Å². The van der Waals surface area contributed by atoms with E-state index < -0.39 is 4.92 Å². The molecule has 124 valence electrons. The molecule has 0 aliphatic rings. The second-order valence-corrected chi connectivity index (χ2v) is 4.94. The van der Waals surface area contributed by atoms with Crippen molar-refractivity contribution in [2.45, 2.75) is 13.3 Å². The Labute approximate surface area is 138 Å². The number of aldehydes is 1. The van der Waals surface area contributed by atoms with Crippen LogP contribution < -0.4 is 10.1 Å². The molecule has 0 heterocycles. The summed E-state index contributed by atoms with van der Waals surface area (Å²) < 4.78 is 5.30. The summed E-state index contributed by atoms with van der Waals surface area (Å²) in [5, 5.41) is 13.4. The molecule has 0 radical (unpaired) electrons. The van der Waals surface area contributed by atoms with Crippen LogP contribution in [0.3, 0.4) is 0 Å². The highest BCUT2D eigenvalue weighted by atomic mass is 16.6. The number of carbonyl (C=O) groups is 2. The molecule has 0 fully saturated rings. The number of benzene rings is 2. The van der Waals surface area contributed by atoms with Gasteiger partial charge >= 0.3 is 0 Å². The quantitative estimate of drug-likeness (QED) is 0.478. The maximum absolute atomic E-state index is 12.0. The number of non-ortho nitro benzene ring substituents is 1. The maximum atomic E-state index is 12.0. The van der Waals surface area contributed by atoms with Gasteiger partial charge in [-0.1, -0.05) is 25.1 Å². The molecule has 7 heteroatoms. The van der Waals surface area contributed by atoms with Gasteiger partial charge in [-0.15, -0.1) is 0 Å². The molecule has 7 nitrogen and oxygen atoms in total. The van der Waals surface area contributed by atoms with Gasteiger partial charge in [-0.3, -0.25) is 19.7 Å². The van der Waals surface area contributed by atoms with Crippen molar-refractivity contribution in [1.82, 2.24) is 0 Å². The maximum Gasteiger partial charge on any atom is 0.270 e. The zero-order chi connectivity index (χ0) is 17.5. The molecule has 0 unspecified atom stereocenters. The van der Waals surface area contributed by atoms with Crippen LogP contribution in [0.15, 0.2) is 42.5 Å². The van der Waals surface area contributed by atoms with Crippen LogP contribution >= 0.6 is 0 Å². The van der Waals surface area contributed by atoms with E-state index in [-0.39, 0.29) is 29.5 Å². The average molecular weight is 328 g/mol. The number of ether oxygens (including phenoxy) is 1. The van der Waals surface area contributed by atoms with Crippen molar-refractivity contribution < 1.29 is 19.2 Å². The van der Waals surface area contributed by atoms with E-state index in [0.717, 1.165) is 18.1 Å². The Balaban J connectivity index is 2.04. The predicted molar refractivity (Wildman–Crippen MR) is 88.4 cm³/mol. The van der Waals surface area contributed by atoms with Gasteiger partial charge in [-0.25, -0.2) is 0 Å². The molecule has 0 aliphatic carbocycles. The first-order valence-corrected chi connectivity index (χ1v) is 7.29. The van der Waals surface area contributed by atoms with Crippen LogP contribution in [0, 0.1) is 10.1 Å². The van der Waals surface area contributed by atoms with Crippen LogP contribution in [0.25, 0.3) is 0 Å². The van der Waals surface area contributed by atoms with Crippen LogP contribution in [0.2, 0.25) is 0 Å². The minimum atomic E-state index is -0.606. The minimum absolute atomic E-state index is 0.0194. The van der Waals surface area contributed by atoms with Crippen LogP contribution in [-0.4, -0.2) is 23.7 Å². The molecule has 2 aromatic rings. The van der Waals surface area contributed by atoms with E-state index >= 15 is 0 Å². The van der Waals surface area contributed by atoms with Crippen molar-refractivity contribution in [3.8, 4) is 5.75 Å². The number of nitrogens with zero attached hydrogens (tertiary/aromatic N) is 1. The van der Waals surface area contributed by atoms with Crippen LogP contribution in [-0.2, 0) is 11.2 Å². The van der Waals surface area contributed by atoms with Crippen LogP contribution in [0.1, 0.15) is 22.8 Å². The molecule has 1 N–H and O–H groups in total. The Morgan fingerprint density at radius 2 is 2.04 bits per heavy atom. The summed E-state index contributed by atoms with van der Waals surface area (Å²) in [5.41, 5.74) is 1.50. The van der Waals surface area contributed by atoms with Crippen LogP contribution in [0.5, 0.6) is 5.75 Å². The highest BCUT2D eigenvalue weighted by Crippen LogP contribution is 2.23. The molecule has 0 aromatic heterocycles. The molecule has 2 rings (SSSR count). The first-order valence-electron chi connectivity index (χ1n) is 7.29. The first-order chi connectivity index (χ1) is 11.5. The summed E-state index contributed by atoms with van der Waals surface area (Å²) in [6, 6.07) is 11.0. The number of nitrogens with one attached hydrogen (secondary N) is 1. The van der Waals surface area contributed by atoms with E-state index in [4.69, 9.17) is 4.74 Å². The number of nitro benzene ring substituents is 1. The predicted octanol–water partition coefficient (Wildman–Crippen LogP) is 2.99. The van der Waals surface area contributed by atoms with E-state index in [2.05, 4.69) is 5.32 Å². The van der Waals surface area contributed by atoms with E-state index in [1.807, 2.05) is 25.1 Å². The molecule has 0 saturated carbocycles. The number of hydrogen-bond donors (Lipinski definition) is 1. The fraction of sp³-hybridized carbons (Fsp3) is 0.176. The average Bonchev–Trinajstić information content (AvgIpc) is 2.60. The lowest BCUT2D eigenvalue weighted by Gasteiger charge is -2.11. The fourth-order valence-electron chi connectivity index (χ4n) is 2.15. The molecule has 0 spiro atoms. The Morgan fingerprint density at radius 3 is 2.71 bits per heavy atom. The standard InChI is InChI=1S/C17H16N2O5/c1-2-12-5-3-4-6-15(12)18-17(21)11-24-16-8-7-14(19(22)23)9-13(16)10-20/h3-10H,2,11H2,1H3,(H,18,21). The van der Waals surface area contributed by atoms with Crippen molar-refractivity contribution >= 4 is 23.6 Å². The fourth-order valence-corrected chi connectivity index (χ4v) is 2.15. The van der Waals surface area contributed by atoms with Crippen molar-refractivity contribution in [2.24, 2.45) is 0 Å². The van der Waals surface area contributed by atoms with E-state index in [1.54, 1.807) is 6.07 Å². The van der Waals surface area contributed by atoms with Gasteiger partial charge in [0.05, 0.1) is 10.5 Å². The van der Waals surface area contributed by atoms with Crippen LogP contribution in [0.4, 0.5) is 11.4 Å². The molecule has 1 amide bonds. The SMILES string of the molecule is CCc1ccccc1NC(=O)COc1ccc([N+](=O)[O-])cc1C=O. The number of amides is 1. The van der Waals surface area contributed by atoms with E-state index in [9.17, 15) is 19.7 Å². The molecular weight excluding hydrogens is 312 g/mol. The summed E-state index contributed by atoms with van der Waals surface area (Å²) in [7, 11) is 0. The number of aryl methyl sites for hydroxylation is 1. The van der Waals surface area contributed by atoms with Gasteiger partial charge in [0, 0.05) is 17.8 Å². The summed E-state index contributed by atoms with van der Waals surface area (Å²) in [5.74, 6) is -0.263. The molecule has 24 heavy (non-hydrogen) atoms. The Hall–Kier alpha value is -3.22. The highest BCUT2D eigenvalue weighted by molar-refractivity contribution is 5.92. The Morgan fingerprint density at radius 1 is 1.29 bits per heavy atom. The summed E-state index contributed by atoms with van der Waals surface area (Å²) in [6.07, 6.45) is 1.22. The summed E-state index contributed by atoms with van der Waals surface area (Å²) in [6.45, 7) is 1.67. The Kier molecular flexibility index (Phi) is 5.62. The topological polar surface area (TPSA) is 98.5 Å². The lowest BCUT2D eigenvalue weighted by Crippen LogP contribution is -2.21. The lowest BCUT2D eigenvalue weighted by atomic mass is 10.1. The third kappa shape index (κ3) is 4.16. The molecule has 0 atom stereocenters.